The molecule has 6 nitrogen and oxygen atoms in total. The molecule has 0 fully saturated rings. The Morgan fingerprint density at radius 1 is 1.27 bits per heavy atom. The molecule has 0 spiro atoms. The van der Waals surface area contributed by atoms with Crippen LogP contribution >= 0.6 is 0 Å². The third kappa shape index (κ3) is 2.24. The number of nitrogens with one attached hydrogen (secondary N) is 1. The first-order valence-corrected chi connectivity index (χ1v) is 6.71. The summed E-state index contributed by atoms with van der Waals surface area (Å²) in [6.45, 7) is 0.140. The van der Waals surface area contributed by atoms with E-state index in [1.165, 1.54) is 10.8 Å². The Morgan fingerprint density at radius 3 is 2.77 bits per heavy atom. The number of carbonyl (C=O) groups is 1. The van der Waals surface area contributed by atoms with Crippen LogP contribution in [0.15, 0.2) is 51.9 Å². The predicted molar refractivity (Wildman–Crippen MR) is 80.7 cm³/mol. The van der Waals surface area contributed by atoms with Crippen molar-refractivity contribution in [2.24, 2.45) is 7.05 Å². The van der Waals surface area contributed by atoms with Crippen LogP contribution in [0.25, 0.3) is 10.9 Å². The number of amides is 1. The van der Waals surface area contributed by atoms with Crippen molar-refractivity contribution in [1.29, 1.82) is 0 Å². The summed E-state index contributed by atoms with van der Waals surface area (Å²) in [7, 11) is 1.56. The number of rotatable bonds is 3. The van der Waals surface area contributed by atoms with Gasteiger partial charge < -0.3 is 19.4 Å². The van der Waals surface area contributed by atoms with Gasteiger partial charge in [-0.3, -0.25) is 9.59 Å². The van der Waals surface area contributed by atoms with Gasteiger partial charge in [0.25, 0.3) is 11.5 Å². The summed E-state index contributed by atoms with van der Waals surface area (Å²) in [5.74, 6) is -0.388. The minimum Gasteiger partial charge on any atom is -0.506 e. The molecule has 22 heavy (non-hydrogen) atoms. The van der Waals surface area contributed by atoms with Gasteiger partial charge in [0.05, 0.1) is 18.3 Å². The number of carbonyl (C=O) groups excluding carboxylic acids is 1. The minimum atomic E-state index is -0.639. The summed E-state index contributed by atoms with van der Waals surface area (Å²) in [5, 5.41) is 13.3. The molecule has 0 radical (unpaired) electrons. The number of pyridine rings is 1. The molecule has 1 aromatic carbocycles. The fourth-order valence-electron chi connectivity index (χ4n) is 2.35. The zero-order valence-electron chi connectivity index (χ0n) is 11.9. The van der Waals surface area contributed by atoms with Gasteiger partial charge in [-0.25, -0.2) is 0 Å². The number of aromatic nitrogens is 1. The third-order valence-electron chi connectivity index (χ3n) is 3.51. The first-order valence-electron chi connectivity index (χ1n) is 6.71. The van der Waals surface area contributed by atoms with Gasteiger partial charge in [0, 0.05) is 12.4 Å². The number of furan rings is 1. The number of aryl methyl sites for hydroxylation is 1. The Balaban J connectivity index is 2.03. The highest BCUT2D eigenvalue weighted by molar-refractivity contribution is 6.02. The number of nitrogens with zero attached hydrogens (tertiary/aromatic N) is 1. The van der Waals surface area contributed by atoms with Crippen molar-refractivity contribution in [2.45, 2.75) is 6.54 Å². The number of para-hydroxylation sites is 1. The summed E-state index contributed by atoms with van der Waals surface area (Å²) in [6.07, 6.45) is 1.49. The van der Waals surface area contributed by atoms with Crippen LogP contribution in [0.3, 0.4) is 0 Å². The second-order valence-electron chi connectivity index (χ2n) is 4.87. The van der Waals surface area contributed by atoms with Gasteiger partial charge in [-0.1, -0.05) is 12.1 Å². The fraction of sp³-hybridized carbons (Fsp3) is 0.125. The number of fused-ring (bicyclic) bond motifs is 1. The molecule has 0 saturated carbocycles. The zero-order chi connectivity index (χ0) is 15.7. The van der Waals surface area contributed by atoms with Crippen molar-refractivity contribution in [3.8, 4) is 5.75 Å². The average Bonchev–Trinajstić information content (AvgIpc) is 3.04. The van der Waals surface area contributed by atoms with Gasteiger partial charge in [-0.2, -0.15) is 0 Å². The van der Waals surface area contributed by atoms with Gasteiger partial charge in [0.15, 0.2) is 0 Å². The molecule has 2 heterocycles. The molecule has 0 atom stereocenters. The summed E-state index contributed by atoms with van der Waals surface area (Å²) in [5.41, 5.74) is -0.256. The molecule has 3 rings (SSSR count). The molecule has 0 saturated heterocycles. The summed E-state index contributed by atoms with van der Waals surface area (Å²) >= 11 is 0. The monoisotopic (exact) mass is 298 g/mol. The van der Waals surface area contributed by atoms with Crippen molar-refractivity contribution in [3.05, 3.63) is 64.3 Å². The molecule has 6 heteroatoms. The summed E-state index contributed by atoms with van der Waals surface area (Å²) in [6, 6.07) is 10.3. The Morgan fingerprint density at radius 2 is 2.05 bits per heavy atom. The van der Waals surface area contributed by atoms with Crippen LogP contribution in [0.2, 0.25) is 0 Å². The van der Waals surface area contributed by atoms with Crippen molar-refractivity contribution < 1.29 is 14.3 Å². The standard InChI is InChI=1S/C16H14N2O4/c1-18-12-7-3-2-6-11(12)14(19)13(16(18)21)15(20)17-9-10-5-4-8-22-10/h2-8,19H,9H2,1H3,(H,17,20). The highest BCUT2D eigenvalue weighted by Crippen LogP contribution is 2.25. The van der Waals surface area contributed by atoms with Gasteiger partial charge >= 0.3 is 0 Å². The fourth-order valence-corrected chi connectivity index (χ4v) is 2.35. The third-order valence-corrected chi connectivity index (χ3v) is 3.51. The molecule has 2 N–H and O–H groups in total. The SMILES string of the molecule is Cn1c(=O)c(C(=O)NCc2ccco2)c(O)c2ccccc21. The lowest BCUT2D eigenvalue weighted by Crippen LogP contribution is -2.32. The minimum absolute atomic E-state index is 0.140. The zero-order valence-corrected chi connectivity index (χ0v) is 11.9. The first-order chi connectivity index (χ1) is 10.6. The summed E-state index contributed by atoms with van der Waals surface area (Å²) < 4.78 is 6.46. The molecular formula is C16H14N2O4. The summed E-state index contributed by atoms with van der Waals surface area (Å²) in [4.78, 5) is 24.6. The lowest BCUT2D eigenvalue weighted by molar-refractivity contribution is 0.0943. The number of hydrogen-bond donors (Lipinski definition) is 2. The highest BCUT2D eigenvalue weighted by atomic mass is 16.3. The molecule has 1 amide bonds. The molecule has 112 valence electrons. The van der Waals surface area contributed by atoms with Crippen LogP contribution < -0.4 is 10.9 Å². The normalized spacial score (nSPS) is 10.8. The van der Waals surface area contributed by atoms with E-state index < -0.39 is 11.5 Å². The van der Waals surface area contributed by atoms with E-state index in [2.05, 4.69) is 5.32 Å². The van der Waals surface area contributed by atoms with Crippen LogP contribution in [0.5, 0.6) is 5.75 Å². The Bertz CT molecular complexity index is 894. The molecule has 0 unspecified atom stereocenters. The lowest BCUT2D eigenvalue weighted by Gasteiger charge is -2.11. The van der Waals surface area contributed by atoms with Crippen molar-refractivity contribution in [3.63, 3.8) is 0 Å². The van der Waals surface area contributed by atoms with Crippen molar-refractivity contribution in [2.75, 3.05) is 0 Å². The van der Waals surface area contributed by atoms with Gasteiger partial charge in [0.2, 0.25) is 0 Å². The van der Waals surface area contributed by atoms with Gasteiger partial charge in [-0.05, 0) is 24.3 Å². The number of benzene rings is 1. The molecule has 0 aliphatic carbocycles. The predicted octanol–water partition coefficient (Wildman–Crippen LogP) is 1.77. The van der Waals surface area contributed by atoms with Crippen LogP contribution in [0.1, 0.15) is 16.1 Å². The topological polar surface area (TPSA) is 84.5 Å². The Hall–Kier alpha value is -3.02. The molecule has 0 aliphatic rings. The first kappa shape index (κ1) is 13.9. The van der Waals surface area contributed by atoms with E-state index >= 15 is 0 Å². The average molecular weight is 298 g/mol. The maximum absolute atomic E-state index is 12.3. The largest absolute Gasteiger partial charge is 0.506 e. The molecule has 3 aromatic rings. The van der Waals surface area contributed by atoms with E-state index in [1.807, 2.05) is 0 Å². The molecular weight excluding hydrogens is 284 g/mol. The van der Waals surface area contributed by atoms with Crippen molar-refractivity contribution in [1.82, 2.24) is 9.88 Å². The second-order valence-corrected chi connectivity index (χ2v) is 4.87. The maximum atomic E-state index is 12.3. The Labute approximate surface area is 125 Å². The molecule has 2 aromatic heterocycles. The van der Waals surface area contributed by atoms with Gasteiger partial charge in [0.1, 0.15) is 17.1 Å². The van der Waals surface area contributed by atoms with Gasteiger partial charge in [-0.15, -0.1) is 0 Å². The van der Waals surface area contributed by atoms with E-state index in [0.29, 0.717) is 16.7 Å². The van der Waals surface area contributed by atoms with E-state index in [0.717, 1.165) is 0 Å². The number of aromatic hydroxyl groups is 1. The number of hydrogen-bond acceptors (Lipinski definition) is 4. The quantitative estimate of drug-likeness (QED) is 0.771. The van der Waals surface area contributed by atoms with E-state index in [-0.39, 0.29) is 17.9 Å². The van der Waals surface area contributed by atoms with E-state index in [1.54, 1.807) is 43.4 Å². The maximum Gasteiger partial charge on any atom is 0.267 e. The van der Waals surface area contributed by atoms with E-state index in [4.69, 9.17) is 4.42 Å². The van der Waals surface area contributed by atoms with E-state index in [9.17, 15) is 14.7 Å². The van der Waals surface area contributed by atoms with Crippen LogP contribution in [-0.2, 0) is 13.6 Å². The van der Waals surface area contributed by atoms with Crippen molar-refractivity contribution >= 4 is 16.8 Å². The molecule has 0 aliphatic heterocycles. The second kappa shape index (κ2) is 5.40. The van der Waals surface area contributed by atoms with Crippen LogP contribution in [0.4, 0.5) is 0 Å². The highest BCUT2D eigenvalue weighted by Gasteiger charge is 2.20. The smallest absolute Gasteiger partial charge is 0.267 e. The van der Waals surface area contributed by atoms with Crippen LogP contribution in [0, 0.1) is 0 Å². The lowest BCUT2D eigenvalue weighted by atomic mass is 10.1. The molecule has 0 bridgehead atoms. The van der Waals surface area contributed by atoms with Crippen LogP contribution in [-0.4, -0.2) is 15.6 Å². The Kier molecular flexibility index (Phi) is 3.42.